The van der Waals surface area contributed by atoms with Crippen LogP contribution in [0.1, 0.15) is 71.1 Å². The fraction of sp³-hybridized carbons (Fsp3) is 0.929. The first-order valence-corrected chi connectivity index (χ1v) is 7.09. The summed E-state index contributed by atoms with van der Waals surface area (Å²) in [5.41, 5.74) is 0. The molecule has 0 fully saturated rings. The van der Waals surface area contributed by atoms with E-state index in [-0.39, 0.29) is 12.0 Å². The Morgan fingerprint density at radius 1 is 1.06 bits per heavy atom. The summed E-state index contributed by atoms with van der Waals surface area (Å²) in [6.07, 6.45) is 10.3. The summed E-state index contributed by atoms with van der Waals surface area (Å²) in [4.78, 5) is 11.0. The molecule has 0 saturated carbocycles. The third-order valence-electron chi connectivity index (χ3n) is 3.11. The van der Waals surface area contributed by atoms with Gasteiger partial charge in [-0.2, -0.15) is 0 Å². The second-order valence-corrected chi connectivity index (χ2v) is 4.78. The number of nitrogens with one attached hydrogen (secondary N) is 1. The summed E-state index contributed by atoms with van der Waals surface area (Å²) in [7, 11) is 1.65. The quantitative estimate of drug-likeness (QED) is 0.548. The van der Waals surface area contributed by atoms with E-state index in [1.165, 1.54) is 32.1 Å². The zero-order chi connectivity index (χ0) is 12.9. The van der Waals surface area contributed by atoms with E-state index in [1.807, 2.05) is 0 Å². The normalized spacial score (nSPS) is 12.4. The van der Waals surface area contributed by atoms with Gasteiger partial charge in [0.05, 0.1) is 6.10 Å². The summed E-state index contributed by atoms with van der Waals surface area (Å²) in [5, 5.41) is 12.3. The van der Waals surface area contributed by atoms with Gasteiger partial charge in [0.1, 0.15) is 0 Å². The van der Waals surface area contributed by atoms with Crippen LogP contribution in [0.3, 0.4) is 0 Å². The Kier molecular flexibility index (Phi) is 11.5. The molecule has 0 aliphatic rings. The number of hydrogen-bond acceptors (Lipinski definition) is 2. The number of unbranched alkanes of at least 4 members (excludes halogenated alkanes) is 5. The van der Waals surface area contributed by atoms with Gasteiger partial charge in [0.25, 0.3) is 0 Å². The summed E-state index contributed by atoms with van der Waals surface area (Å²) in [6, 6.07) is 0. The second-order valence-electron chi connectivity index (χ2n) is 4.78. The van der Waals surface area contributed by atoms with Crippen molar-refractivity contribution in [3.8, 4) is 0 Å². The van der Waals surface area contributed by atoms with Crippen LogP contribution in [-0.4, -0.2) is 24.2 Å². The Hall–Kier alpha value is -0.570. The molecule has 3 heteroatoms. The molecule has 0 aromatic carbocycles. The van der Waals surface area contributed by atoms with E-state index >= 15 is 0 Å². The molecule has 0 saturated heterocycles. The predicted octanol–water partition coefficient (Wildman–Crippen LogP) is 3.01. The Bertz CT molecular complexity index is 183. The average molecular weight is 243 g/mol. The van der Waals surface area contributed by atoms with Gasteiger partial charge >= 0.3 is 0 Å². The number of rotatable bonds is 11. The molecule has 0 aliphatic carbocycles. The smallest absolute Gasteiger partial charge is 0.219 e. The summed E-state index contributed by atoms with van der Waals surface area (Å²) in [6.45, 7) is 2.22. The van der Waals surface area contributed by atoms with E-state index < -0.39 is 0 Å². The number of carbonyl (C=O) groups is 1. The third-order valence-corrected chi connectivity index (χ3v) is 3.11. The van der Waals surface area contributed by atoms with E-state index in [1.54, 1.807) is 7.05 Å². The Morgan fingerprint density at radius 3 is 2.29 bits per heavy atom. The van der Waals surface area contributed by atoms with Gasteiger partial charge in [-0.25, -0.2) is 0 Å². The lowest BCUT2D eigenvalue weighted by molar-refractivity contribution is -0.120. The van der Waals surface area contributed by atoms with Crippen LogP contribution in [0.15, 0.2) is 0 Å². The van der Waals surface area contributed by atoms with E-state index in [0.29, 0.717) is 6.42 Å². The number of hydrogen-bond donors (Lipinski definition) is 2. The highest BCUT2D eigenvalue weighted by molar-refractivity contribution is 5.75. The molecular weight excluding hydrogens is 214 g/mol. The fourth-order valence-electron chi connectivity index (χ4n) is 1.93. The highest BCUT2D eigenvalue weighted by Gasteiger charge is 2.05. The molecule has 0 aromatic rings. The molecule has 1 atom stereocenters. The van der Waals surface area contributed by atoms with Crippen molar-refractivity contribution in [2.75, 3.05) is 7.05 Å². The average Bonchev–Trinajstić information content (AvgIpc) is 2.33. The Morgan fingerprint density at radius 2 is 1.65 bits per heavy atom. The molecule has 1 unspecified atom stereocenters. The van der Waals surface area contributed by atoms with Crippen LogP contribution in [0.4, 0.5) is 0 Å². The molecule has 0 heterocycles. The lowest BCUT2D eigenvalue weighted by Gasteiger charge is -2.09. The summed E-state index contributed by atoms with van der Waals surface area (Å²) >= 11 is 0. The van der Waals surface area contributed by atoms with Crippen LogP contribution in [-0.2, 0) is 4.79 Å². The zero-order valence-corrected chi connectivity index (χ0v) is 11.5. The maximum Gasteiger partial charge on any atom is 0.219 e. The van der Waals surface area contributed by atoms with Crippen molar-refractivity contribution in [3.05, 3.63) is 0 Å². The Labute approximate surface area is 106 Å². The molecule has 0 spiro atoms. The molecule has 17 heavy (non-hydrogen) atoms. The van der Waals surface area contributed by atoms with E-state index in [2.05, 4.69) is 12.2 Å². The standard InChI is InChI=1S/C14H29NO2/c1-3-4-5-6-7-8-10-13(16)11-9-12-14(17)15-2/h13,16H,3-12H2,1-2H3,(H,15,17). The van der Waals surface area contributed by atoms with Crippen molar-refractivity contribution in [2.45, 2.75) is 77.2 Å². The number of aliphatic hydroxyl groups excluding tert-OH is 1. The molecular formula is C14H29NO2. The number of amides is 1. The topological polar surface area (TPSA) is 49.3 Å². The first-order chi connectivity index (χ1) is 8.20. The minimum Gasteiger partial charge on any atom is -0.393 e. The fourth-order valence-corrected chi connectivity index (χ4v) is 1.93. The maximum atomic E-state index is 11.0. The molecule has 0 radical (unpaired) electrons. The van der Waals surface area contributed by atoms with Gasteiger partial charge in [0.15, 0.2) is 0 Å². The lowest BCUT2D eigenvalue weighted by Crippen LogP contribution is -2.18. The van der Waals surface area contributed by atoms with E-state index in [4.69, 9.17) is 0 Å². The summed E-state index contributed by atoms with van der Waals surface area (Å²) < 4.78 is 0. The van der Waals surface area contributed by atoms with Gasteiger partial charge < -0.3 is 10.4 Å². The van der Waals surface area contributed by atoms with Crippen molar-refractivity contribution in [2.24, 2.45) is 0 Å². The van der Waals surface area contributed by atoms with Gasteiger partial charge in [0.2, 0.25) is 5.91 Å². The van der Waals surface area contributed by atoms with Crippen molar-refractivity contribution in [1.82, 2.24) is 5.32 Å². The van der Waals surface area contributed by atoms with Gasteiger partial charge in [-0.15, -0.1) is 0 Å². The van der Waals surface area contributed by atoms with Gasteiger partial charge in [-0.1, -0.05) is 45.4 Å². The predicted molar refractivity (Wildman–Crippen MR) is 71.9 cm³/mol. The number of carbonyl (C=O) groups excluding carboxylic acids is 1. The SMILES string of the molecule is CCCCCCCCC(O)CCCC(=O)NC. The third kappa shape index (κ3) is 11.7. The molecule has 1 amide bonds. The Balaban J connectivity index is 3.23. The first-order valence-electron chi connectivity index (χ1n) is 7.09. The van der Waals surface area contributed by atoms with Crippen LogP contribution in [0.5, 0.6) is 0 Å². The molecule has 0 bridgehead atoms. The minimum absolute atomic E-state index is 0.0664. The highest BCUT2D eigenvalue weighted by atomic mass is 16.3. The zero-order valence-electron chi connectivity index (χ0n) is 11.5. The van der Waals surface area contributed by atoms with Gasteiger partial charge in [0, 0.05) is 13.5 Å². The number of aliphatic hydroxyl groups is 1. The van der Waals surface area contributed by atoms with Crippen molar-refractivity contribution < 1.29 is 9.90 Å². The van der Waals surface area contributed by atoms with Gasteiger partial charge in [-0.05, 0) is 19.3 Å². The second kappa shape index (κ2) is 11.9. The highest BCUT2D eigenvalue weighted by Crippen LogP contribution is 2.11. The lowest BCUT2D eigenvalue weighted by atomic mass is 10.0. The first kappa shape index (κ1) is 16.4. The van der Waals surface area contributed by atoms with Crippen molar-refractivity contribution >= 4 is 5.91 Å². The van der Waals surface area contributed by atoms with Crippen LogP contribution in [0.2, 0.25) is 0 Å². The summed E-state index contributed by atoms with van der Waals surface area (Å²) in [5.74, 6) is 0.0664. The maximum absolute atomic E-state index is 11.0. The van der Waals surface area contributed by atoms with E-state index in [0.717, 1.165) is 25.7 Å². The minimum atomic E-state index is -0.217. The van der Waals surface area contributed by atoms with Crippen molar-refractivity contribution in [1.29, 1.82) is 0 Å². The molecule has 0 aliphatic heterocycles. The van der Waals surface area contributed by atoms with Crippen molar-refractivity contribution in [3.63, 3.8) is 0 Å². The largest absolute Gasteiger partial charge is 0.393 e. The van der Waals surface area contributed by atoms with Crippen LogP contribution < -0.4 is 5.32 Å². The van der Waals surface area contributed by atoms with Gasteiger partial charge in [-0.3, -0.25) is 4.79 Å². The monoisotopic (exact) mass is 243 g/mol. The molecule has 0 aromatic heterocycles. The van der Waals surface area contributed by atoms with Crippen LogP contribution in [0, 0.1) is 0 Å². The molecule has 0 rings (SSSR count). The molecule has 102 valence electrons. The van der Waals surface area contributed by atoms with Crippen LogP contribution in [0.25, 0.3) is 0 Å². The molecule has 3 nitrogen and oxygen atoms in total. The molecule has 2 N–H and O–H groups in total. The van der Waals surface area contributed by atoms with E-state index in [9.17, 15) is 9.90 Å². The van der Waals surface area contributed by atoms with Crippen LogP contribution >= 0.6 is 0 Å².